The van der Waals surface area contributed by atoms with E-state index in [1.165, 1.54) is 17.4 Å². The van der Waals surface area contributed by atoms with Gasteiger partial charge in [-0.15, -0.1) is 10.2 Å². The number of hydrogen-bond donors (Lipinski definition) is 1. The van der Waals surface area contributed by atoms with Crippen molar-refractivity contribution < 1.29 is 9.13 Å². The summed E-state index contributed by atoms with van der Waals surface area (Å²) in [5.74, 6) is -0.204. The Hall–Kier alpha value is -1.57. The third-order valence-electron chi connectivity index (χ3n) is 3.97. The van der Waals surface area contributed by atoms with Crippen molar-refractivity contribution in [2.75, 3.05) is 32.1 Å². The van der Waals surface area contributed by atoms with Gasteiger partial charge in [-0.3, -0.25) is 0 Å². The summed E-state index contributed by atoms with van der Waals surface area (Å²) in [6.07, 6.45) is 0.593. The van der Waals surface area contributed by atoms with Crippen molar-refractivity contribution in [2.24, 2.45) is 0 Å². The molecule has 0 amide bonds. The second-order valence-corrected chi connectivity index (χ2v) is 6.94. The predicted octanol–water partition coefficient (Wildman–Crippen LogP) is 2.40. The Bertz CT molecular complexity index is 651. The quantitative estimate of drug-likeness (QED) is 0.909. The first-order valence-electron chi connectivity index (χ1n) is 7.74. The Morgan fingerprint density at radius 2 is 2.26 bits per heavy atom. The standard InChI is InChI=1S/C16H21FN4OS/c1-11(14-10-21(2)7-8-22-14)18-16-20-19-15(23-16)9-12-5-3-4-6-13(12)17/h3-6,11,14H,7-10H2,1-2H3,(H,18,20). The highest BCUT2D eigenvalue weighted by atomic mass is 32.1. The van der Waals surface area contributed by atoms with Crippen LogP contribution in [-0.4, -0.2) is 54.0 Å². The summed E-state index contributed by atoms with van der Waals surface area (Å²) in [5, 5.41) is 13.2. The number of morpholine rings is 1. The van der Waals surface area contributed by atoms with Gasteiger partial charge in [-0.2, -0.15) is 0 Å². The zero-order valence-electron chi connectivity index (χ0n) is 13.3. The molecular weight excluding hydrogens is 315 g/mol. The van der Waals surface area contributed by atoms with Crippen LogP contribution in [0.5, 0.6) is 0 Å². The van der Waals surface area contributed by atoms with Gasteiger partial charge in [-0.25, -0.2) is 4.39 Å². The second kappa shape index (κ2) is 7.33. The zero-order chi connectivity index (χ0) is 16.2. The van der Waals surface area contributed by atoms with Gasteiger partial charge in [0.2, 0.25) is 5.13 Å². The van der Waals surface area contributed by atoms with Crippen LogP contribution in [0.15, 0.2) is 24.3 Å². The van der Waals surface area contributed by atoms with E-state index in [1.807, 2.05) is 6.07 Å². The largest absolute Gasteiger partial charge is 0.373 e. The molecule has 2 atom stereocenters. The van der Waals surface area contributed by atoms with Gasteiger partial charge in [0.25, 0.3) is 0 Å². The van der Waals surface area contributed by atoms with E-state index >= 15 is 0 Å². The lowest BCUT2D eigenvalue weighted by molar-refractivity contribution is -0.0259. The number of nitrogens with zero attached hydrogens (tertiary/aromatic N) is 3. The molecule has 2 aromatic rings. The molecule has 1 aromatic heterocycles. The molecule has 3 rings (SSSR count). The molecule has 1 N–H and O–H groups in total. The van der Waals surface area contributed by atoms with Crippen LogP contribution in [0.3, 0.4) is 0 Å². The van der Waals surface area contributed by atoms with E-state index in [4.69, 9.17) is 4.74 Å². The van der Waals surface area contributed by atoms with Crippen LogP contribution in [0.1, 0.15) is 17.5 Å². The maximum absolute atomic E-state index is 13.7. The van der Waals surface area contributed by atoms with Crippen LogP contribution in [0.4, 0.5) is 9.52 Å². The highest BCUT2D eigenvalue weighted by molar-refractivity contribution is 7.15. The number of aromatic nitrogens is 2. The van der Waals surface area contributed by atoms with E-state index in [0.29, 0.717) is 12.0 Å². The average Bonchev–Trinajstić information content (AvgIpc) is 2.97. The van der Waals surface area contributed by atoms with E-state index in [2.05, 4.69) is 34.4 Å². The highest BCUT2D eigenvalue weighted by Crippen LogP contribution is 2.21. The number of hydrogen-bond acceptors (Lipinski definition) is 6. The monoisotopic (exact) mass is 336 g/mol. The van der Waals surface area contributed by atoms with Gasteiger partial charge in [0.15, 0.2) is 0 Å². The van der Waals surface area contributed by atoms with Crippen LogP contribution in [0, 0.1) is 5.82 Å². The number of anilines is 1. The minimum Gasteiger partial charge on any atom is -0.373 e. The molecule has 2 heterocycles. The molecular formula is C16H21FN4OS. The molecule has 0 aliphatic carbocycles. The molecule has 5 nitrogen and oxygen atoms in total. The van der Waals surface area contributed by atoms with Crippen LogP contribution in [-0.2, 0) is 11.2 Å². The van der Waals surface area contributed by atoms with Gasteiger partial charge in [0.05, 0.1) is 18.8 Å². The summed E-state index contributed by atoms with van der Waals surface area (Å²) in [5.41, 5.74) is 0.639. The maximum Gasteiger partial charge on any atom is 0.205 e. The molecule has 7 heteroatoms. The fraction of sp³-hybridized carbons (Fsp3) is 0.500. The van der Waals surface area contributed by atoms with Crippen LogP contribution >= 0.6 is 11.3 Å². The van der Waals surface area contributed by atoms with Crippen molar-refractivity contribution in [1.29, 1.82) is 0 Å². The summed E-state index contributed by atoms with van der Waals surface area (Å²) in [4.78, 5) is 2.26. The fourth-order valence-electron chi connectivity index (χ4n) is 2.59. The third-order valence-corrected chi connectivity index (χ3v) is 4.83. The lowest BCUT2D eigenvalue weighted by Gasteiger charge is -2.33. The Kier molecular flexibility index (Phi) is 5.20. The van der Waals surface area contributed by atoms with E-state index in [1.54, 1.807) is 12.1 Å². The topological polar surface area (TPSA) is 50.3 Å². The molecule has 2 unspecified atom stereocenters. The minimum atomic E-state index is -0.204. The average molecular weight is 336 g/mol. The molecule has 0 saturated carbocycles. The summed E-state index contributed by atoms with van der Waals surface area (Å²) < 4.78 is 19.5. The minimum absolute atomic E-state index is 0.132. The first-order valence-corrected chi connectivity index (χ1v) is 8.56. The van der Waals surface area contributed by atoms with Crippen LogP contribution < -0.4 is 5.32 Å². The first-order chi connectivity index (χ1) is 11.1. The van der Waals surface area contributed by atoms with Crippen molar-refractivity contribution in [3.63, 3.8) is 0 Å². The molecule has 124 valence electrons. The normalized spacial score (nSPS) is 20.4. The summed E-state index contributed by atoms with van der Waals surface area (Å²) in [6.45, 7) is 4.70. The predicted molar refractivity (Wildman–Crippen MR) is 89.4 cm³/mol. The molecule has 1 aliphatic heterocycles. The molecule has 0 radical (unpaired) electrons. The Morgan fingerprint density at radius 1 is 1.43 bits per heavy atom. The summed E-state index contributed by atoms with van der Waals surface area (Å²) in [6, 6.07) is 6.91. The summed E-state index contributed by atoms with van der Waals surface area (Å²) >= 11 is 1.46. The SMILES string of the molecule is CC(Nc1nnc(Cc2ccccc2F)s1)C1CN(C)CCO1. The van der Waals surface area contributed by atoms with Gasteiger partial charge < -0.3 is 15.0 Å². The molecule has 23 heavy (non-hydrogen) atoms. The number of ether oxygens (including phenoxy) is 1. The van der Waals surface area contributed by atoms with E-state index in [-0.39, 0.29) is 18.0 Å². The van der Waals surface area contributed by atoms with Gasteiger partial charge >= 0.3 is 0 Å². The van der Waals surface area contributed by atoms with Gasteiger partial charge in [0.1, 0.15) is 10.8 Å². The van der Waals surface area contributed by atoms with Crippen molar-refractivity contribution in [3.8, 4) is 0 Å². The maximum atomic E-state index is 13.7. The first kappa shape index (κ1) is 16.3. The molecule has 1 saturated heterocycles. The number of likely N-dealkylation sites (N-methyl/N-ethyl adjacent to an activating group) is 1. The van der Waals surface area contributed by atoms with Gasteiger partial charge in [-0.1, -0.05) is 29.5 Å². The Morgan fingerprint density at radius 3 is 3.04 bits per heavy atom. The molecule has 1 aromatic carbocycles. The molecule has 1 aliphatic rings. The van der Waals surface area contributed by atoms with Crippen molar-refractivity contribution in [2.45, 2.75) is 25.5 Å². The number of halogens is 1. The molecule has 0 spiro atoms. The zero-order valence-corrected chi connectivity index (χ0v) is 14.1. The number of benzene rings is 1. The Labute approximate surface area is 139 Å². The van der Waals surface area contributed by atoms with E-state index in [0.717, 1.165) is 29.8 Å². The van der Waals surface area contributed by atoms with Crippen molar-refractivity contribution >= 4 is 16.5 Å². The van der Waals surface area contributed by atoms with Crippen LogP contribution in [0.2, 0.25) is 0 Å². The molecule has 1 fully saturated rings. The number of rotatable bonds is 5. The Balaban J connectivity index is 1.60. The number of nitrogens with one attached hydrogen (secondary N) is 1. The van der Waals surface area contributed by atoms with Gasteiger partial charge in [0, 0.05) is 19.5 Å². The van der Waals surface area contributed by atoms with Crippen LogP contribution in [0.25, 0.3) is 0 Å². The van der Waals surface area contributed by atoms with Crippen molar-refractivity contribution in [1.82, 2.24) is 15.1 Å². The molecule has 0 bridgehead atoms. The smallest absolute Gasteiger partial charge is 0.205 e. The lowest BCUT2D eigenvalue weighted by Crippen LogP contribution is -2.47. The van der Waals surface area contributed by atoms with Gasteiger partial charge in [-0.05, 0) is 25.6 Å². The van der Waals surface area contributed by atoms with Crippen molar-refractivity contribution in [3.05, 3.63) is 40.7 Å². The summed E-state index contributed by atoms with van der Waals surface area (Å²) in [7, 11) is 2.10. The highest BCUT2D eigenvalue weighted by Gasteiger charge is 2.24. The second-order valence-electron chi connectivity index (χ2n) is 5.87. The third kappa shape index (κ3) is 4.25. The fourth-order valence-corrected chi connectivity index (χ4v) is 3.45. The lowest BCUT2D eigenvalue weighted by atomic mass is 10.1. The van der Waals surface area contributed by atoms with E-state index < -0.39 is 0 Å². The van der Waals surface area contributed by atoms with E-state index in [9.17, 15) is 4.39 Å².